The predicted octanol–water partition coefficient (Wildman–Crippen LogP) is -0.546. The average molecular weight is 218 g/mol. The van der Waals surface area contributed by atoms with Gasteiger partial charge in [0.15, 0.2) is 0 Å². The summed E-state index contributed by atoms with van der Waals surface area (Å²) in [6.45, 7) is 0.786. The zero-order chi connectivity index (χ0) is 9.94. The van der Waals surface area contributed by atoms with Crippen LogP contribution < -0.4 is 10.7 Å². The van der Waals surface area contributed by atoms with Gasteiger partial charge in [-0.1, -0.05) is 0 Å². The molecule has 0 rings (SSSR count). The molecule has 0 radical (unpaired) electrons. The van der Waals surface area contributed by atoms with Crippen LogP contribution in [0.3, 0.4) is 0 Å². The number of hydrogen-bond donors (Lipinski definition) is 3. The number of aliphatic hydroxyl groups is 1. The van der Waals surface area contributed by atoms with E-state index in [0.717, 1.165) is 0 Å². The summed E-state index contributed by atoms with van der Waals surface area (Å²) < 4.78 is 3.61. The quantitative estimate of drug-likeness (QED) is 0.145. The predicted molar refractivity (Wildman–Crippen MR) is 61.8 cm³/mol. The van der Waals surface area contributed by atoms with Gasteiger partial charge in [-0.3, -0.25) is 0 Å². The van der Waals surface area contributed by atoms with Gasteiger partial charge in [0.1, 0.15) is 0 Å². The molecule has 0 fully saturated rings. The van der Waals surface area contributed by atoms with Crippen LogP contribution in [-0.4, -0.2) is 36.6 Å². The van der Waals surface area contributed by atoms with E-state index in [4.69, 9.17) is 17.3 Å². The van der Waals surface area contributed by atoms with Gasteiger partial charge in [0.2, 0.25) is 0 Å². The van der Waals surface area contributed by atoms with Crippen LogP contribution in [0.4, 0.5) is 0 Å². The van der Waals surface area contributed by atoms with Crippen molar-refractivity contribution in [3.8, 4) is 0 Å². The average Bonchev–Trinajstić information content (AvgIpc) is 2.13. The molecule has 0 aliphatic rings. The first kappa shape index (κ1) is 12.6. The Balaban J connectivity index is 3.40. The summed E-state index contributed by atoms with van der Waals surface area (Å²) in [6.07, 6.45) is 2.14. The molecule has 0 saturated heterocycles. The molecule has 0 heterocycles. The monoisotopic (exact) mass is 218 g/mol. The van der Waals surface area contributed by atoms with Crippen molar-refractivity contribution in [1.29, 1.82) is 0 Å². The Hall–Kier alpha value is -0.385. The summed E-state index contributed by atoms with van der Waals surface area (Å²) in [5.41, 5.74) is 2.58. The Bertz CT molecular complexity index is 201. The Labute approximate surface area is 85.6 Å². The van der Waals surface area contributed by atoms with E-state index in [2.05, 4.69) is 29.9 Å². The first-order valence-electron chi connectivity index (χ1n) is 3.71. The Kier molecular flexibility index (Phi) is 9.41. The number of rotatable bonds is 5. The van der Waals surface area contributed by atoms with E-state index >= 15 is 0 Å². The zero-order valence-corrected chi connectivity index (χ0v) is 9.07. The van der Waals surface area contributed by atoms with Gasteiger partial charge in [-0.25, -0.2) is 0 Å². The second-order valence-electron chi connectivity index (χ2n) is 2.02. The van der Waals surface area contributed by atoms with Crippen molar-refractivity contribution in [3.05, 3.63) is 0 Å². The van der Waals surface area contributed by atoms with Crippen molar-refractivity contribution in [3.63, 3.8) is 0 Å². The molecule has 72 valence electrons. The molecule has 0 aromatic rings. The van der Waals surface area contributed by atoms with E-state index in [1.54, 1.807) is 0 Å². The number of nitrogens with one attached hydrogen (secondary N) is 2. The molecule has 5 nitrogen and oxygen atoms in total. The van der Waals surface area contributed by atoms with Crippen LogP contribution in [0.5, 0.6) is 0 Å². The third-order valence-corrected chi connectivity index (χ3v) is 1.42. The molecule has 13 heavy (non-hydrogen) atoms. The number of hydrogen-bond acceptors (Lipinski definition) is 4. The summed E-state index contributed by atoms with van der Waals surface area (Å²) in [5.74, 6) is 0. The topological polar surface area (TPSA) is 69.0 Å². The summed E-state index contributed by atoms with van der Waals surface area (Å²) in [7, 11) is 3.69. The Morgan fingerprint density at radius 2 is 2.46 bits per heavy atom. The molecule has 0 amide bonds. The fourth-order valence-electron chi connectivity index (χ4n) is 0.488. The Morgan fingerprint density at radius 3 is 3.08 bits per heavy atom. The number of nitrogens with zero attached hydrogens (tertiary/aromatic N) is 2. The van der Waals surface area contributed by atoms with Crippen LogP contribution in [0.1, 0.15) is 6.42 Å². The van der Waals surface area contributed by atoms with Crippen molar-refractivity contribution in [2.24, 2.45) is 9.77 Å². The Morgan fingerprint density at radius 1 is 1.69 bits per heavy atom. The van der Waals surface area contributed by atoms with Gasteiger partial charge >= 0.3 is 85.1 Å². The van der Waals surface area contributed by atoms with Crippen molar-refractivity contribution >= 4 is 39.9 Å². The van der Waals surface area contributed by atoms with Crippen molar-refractivity contribution in [2.45, 2.75) is 6.42 Å². The minimum atomic E-state index is 0.151. The molecule has 0 saturated carbocycles. The maximum absolute atomic E-state index is 8.47. The van der Waals surface area contributed by atoms with Crippen LogP contribution in [-0.2, 0) is 0 Å². The summed E-state index contributed by atoms with van der Waals surface area (Å²) >= 11 is 4.85. The number of aliphatic hydroxyl groups excluding tert-OH is 1. The van der Waals surface area contributed by atoms with Gasteiger partial charge in [0.05, 0.1) is 0 Å². The van der Waals surface area contributed by atoms with E-state index in [9.17, 15) is 0 Å². The van der Waals surface area contributed by atoms with Crippen LogP contribution in [0.2, 0.25) is 0 Å². The zero-order valence-electron chi connectivity index (χ0n) is 7.10. The van der Waals surface area contributed by atoms with E-state index in [1.165, 1.54) is 13.2 Å². The molecule has 0 spiro atoms. The van der Waals surface area contributed by atoms with Crippen LogP contribution in [0.25, 0.3) is 0 Å². The molecule has 0 aliphatic heterocycles. The third kappa shape index (κ3) is 9.53. The number of thiocarbonyl (C=S) groups is 1. The first-order chi connectivity index (χ1) is 6.31. The fraction of sp³-hybridized carbons (Fsp3) is 0.600. The van der Waals surface area contributed by atoms with Crippen LogP contribution in [0, 0.1) is 0 Å². The van der Waals surface area contributed by atoms with Crippen LogP contribution in [0.15, 0.2) is 9.77 Å². The summed E-state index contributed by atoms with van der Waals surface area (Å²) in [4.78, 5) is 0. The molecule has 0 aromatic heterocycles. The second kappa shape index (κ2) is 9.70. The van der Waals surface area contributed by atoms with Crippen molar-refractivity contribution in [2.75, 3.05) is 13.2 Å². The molecule has 3 N–H and O–H groups in total. The molecule has 0 aliphatic carbocycles. The van der Waals surface area contributed by atoms with Gasteiger partial charge in [0, 0.05) is 0 Å². The molecule has 1 unspecified atom stereocenters. The van der Waals surface area contributed by atoms with Gasteiger partial charge in [-0.15, -0.1) is 0 Å². The van der Waals surface area contributed by atoms with Crippen molar-refractivity contribution < 1.29 is 5.11 Å². The molecule has 0 bridgehead atoms. The van der Waals surface area contributed by atoms with E-state index in [0.29, 0.717) is 18.1 Å². The fourth-order valence-corrected chi connectivity index (χ4v) is 0.720. The summed E-state index contributed by atoms with van der Waals surface area (Å²) in [5, 5.41) is 15.5. The standard InChI is InChI=1S/C5H12BN4OPS/c11-3-1-2-7-5(13)9-8-4-6-10-12/h4,11H,1-3,12H2,(H2,7,9,13). The molecule has 0 aromatic carbocycles. The SMILES string of the molecule is OCCCNC(=S)NN=CB=NP. The molecular formula is C5H12BN4OPS. The molecule has 1 atom stereocenters. The van der Waals surface area contributed by atoms with Gasteiger partial charge in [0.25, 0.3) is 0 Å². The second-order valence-corrected chi connectivity index (χ2v) is 2.73. The minimum absolute atomic E-state index is 0.151. The van der Waals surface area contributed by atoms with Gasteiger partial charge in [-0.2, -0.15) is 0 Å². The van der Waals surface area contributed by atoms with E-state index in [1.807, 2.05) is 0 Å². The van der Waals surface area contributed by atoms with E-state index in [-0.39, 0.29) is 6.61 Å². The first-order valence-corrected chi connectivity index (χ1v) is 4.63. The normalized spacial score (nSPS) is 10.3. The molecule has 8 heteroatoms. The van der Waals surface area contributed by atoms with Crippen molar-refractivity contribution in [1.82, 2.24) is 10.7 Å². The van der Waals surface area contributed by atoms with Crippen LogP contribution >= 0.6 is 21.6 Å². The third-order valence-electron chi connectivity index (χ3n) is 1.01. The van der Waals surface area contributed by atoms with Gasteiger partial charge < -0.3 is 0 Å². The summed E-state index contributed by atoms with van der Waals surface area (Å²) in [6, 6.07) is 0. The van der Waals surface area contributed by atoms with Gasteiger partial charge in [-0.05, 0) is 0 Å². The maximum atomic E-state index is 8.47. The van der Waals surface area contributed by atoms with E-state index < -0.39 is 0 Å². The molecular weight excluding hydrogens is 206 g/mol. The number of hydrazone groups is 1.